The van der Waals surface area contributed by atoms with Gasteiger partial charge in [-0.25, -0.2) is 0 Å². The second-order valence-corrected chi connectivity index (χ2v) is 9.89. The van der Waals surface area contributed by atoms with Gasteiger partial charge >= 0.3 is 5.97 Å². The summed E-state index contributed by atoms with van der Waals surface area (Å²) >= 11 is 0. The Hall–Kier alpha value is -4.13. The Balaban J connectivity index is 1.56. The molecule has 4 rings (SSSR count). The van der Waals surface area contributed by atoms with Crippen LogP contribution >= 0.6 is 0 Å². The number of piperidine rings is 1. The fraction of sp³-hybridized carbons (Fsp3) is 0.344. The van der Waals surface area contributed by atoms with Crippen molar-refractivity contribution < 1.29 is 23.9 Å². The monoisotopic (exact) mass is 528 g/mol. The van der Waals surface area contributed by atoms with E-state index in [1.165, 1.54) is 0 Å². The molecule has 1 saturated heterocycles. The lowest BCUT2D eigenvalue weighted by Gasteiger charge is -2.31. The highest BCUT2D eigenvalue weighted by atomic mass is 16.5. The summed E-state index contributed by atoms with van der Waals surface area (Å²) in [7, 11) is 1.57. The molecule has 2 amide bonds. The maximum absolute atomic E-state index is 13.8. The van der Waals surface area contributed by atoms with Crippen molar-refractivity contribution >= 4 is 23.5 Å². The van der Waals surface area contributed by atoms with E-state index in [0.29, 0.717) is 43.2 Å². The third kappa shape index (κ3) is 7.25. The van der Waals surface area contributed by atoms with Crippen LogP contribution in [0.15, 0.2) is 72.8 Å². The Bertz CT molecular complexity index is 1300. The number of nitrogens with zero attached hydrogens (tertiary/aromatic N) is 2. The Morgan fingerprint density at radius 2 is 1.74 bits per heavy atom. The third-order valence-corrected chi connectivity index (χ3v) is 6.99. The molecule has 3 aromatic carbocycles. The molecule has 1 unspecified atom stereocenters. The molecule has 0 aromatic heterocycles. The van der Waals surface area contributed by atoms with E-state index < -0.39 is 0 Å². The van der Waals surface area contributed by atoms with Crippen LogP contribution in [-0.2, 0) is 27.3 Å². The molecule has 0 saturated carbocycles. The van der Waals surface area contributed by atoms with Gasteiger partial charge in [-0.15, -0.1) is 0 Å². The predicted octanol–water partition coefficient (Wildman–Crippen LogP) is 5.19. The van der Waals surface area contributed by atoms with E-state index in [4.69, 9.17) is 9.47 Å². The number of esters is 1. The summed E-state index contributed by atoms with van der Waals surface area (Å²) in [6, 6.07) is 22.8. The lowest BCUT2D eigenvalue weighted by molar-refractivity contribution is -0.151. The van der Waals surface area contributed by atoms with Gasteiger partial charge in [-0.2, -0.15) is 0 Å². The van der Waals surface area contributed by atoms with Gasteiger partial charge in [0.05, 0.1) is 32.6 Å². The number of hydrogen-bond donors (Lipinski definition) is 0. The number of methoxy groups -OCH3 is 1. The van der Waals surface area contributed by atoms with Crippen LogP contribution in [0.1, 0.15) is 46.8 Å². The van der Waals surface area contributed by atoms with Crippen molar-refractivity contribution in [1.29, 1.82) is 0 Å². The predicted molar refractivity (Wildman–Crippen MR) is 151 cm³/mol. The molecule has 0 N–H and O–H groups in total. The van der Waals surface area contributed by atoms with Crippen LogP contribution in [0.5, 0.6) is 5.75 Å². The van der Waals surface area contributed by atoms with Crippen LogP contribution in [0.25, 0.3) is 0 Å². The molecule has 1 aliphatic rings. The van der Waals surface area contributed by atoms with Crippen LogP contribution in [0.3, 0.4) is 0 Å². The van der Waals surface area contributed by atoms with Crippen molar-refractivity contribution in [1.82, 2.24) is 4.90 Å². The van der Waals surface area contributed by atoms with Gasteiger partial charge in [0.15, 0.2) is 0 Å². The average molecular weight is 529 g/mol. The Morgan fingerprint density at radius 3 is 2.49 bits per heavy atom. The maximum Gasteiger partial charge on any atom is 0.310 e. The van der Waals surface area contributed by atoms with Crippen LogP contribution in [-0.4, -0.2) is 49.5 Å². The SMILES string of the molecule is CCOC(=O)C1CCCN(C(=O)Cc2cccc(N(Cc3ccc(C)cc3)C(=O)c3cccc(OC)c3)c2)C1. The second kappa shape index (κ2) is 13.1. The molecule has 1 fully saturated rings. The average Bonchev–Trinajstić information content (AvgIpc) is 2.97. The maximum atomic E-state index is 13.8. The van der Waals surface area contributed by atoms with E-state index in [0.717, 1.165) is 29.5 Å². The molecule has 39 heavy (non-hydrogen) atoms. The fourth-order valence-electron chi connectivity index (χ4n) is 4.85. The molecule has 0 radical (unpaired) electrons. The van der Waals surface area contributed by atoms with E-state index in [1.54, 1.807) is 48.1 Å². The minimum absolute atomic E-state index is 0.0367. The van der Waals surface area contributed by atoms with Crippen molar-refractivity contribution in [3.8, 4) is 5.75 Å². The molecule has 204 valence electrons. The number of amides is 2. The molecule has 7 heteroatoms. The van der Waals surface area contributed by atoms with Gasteiger partial charge in [0, 0.05) is 24.3 Å². The zero-order valence-electron chi connectivity index (χ0n) is 22.9. The number of benzene rings is 3. The van der Waals surface area contributed by atoms with Gasteiger partial charge in [-0.3, -0.25) is 14.4 Å². The summed E-state index contributed by atoms with van der Waals surface area (Å²) in [5, 5.41) is 0. The number of rotatable bonds is 9. The standard InChI is InChI=1S/C32H36N2O5/c1-4-39-32(37)27-10-7-17-33(22-27)30(35)19-25-8-5-11-28(18-25)34(21-24-15-13-23(2)14-16-24)31(36)26-9-6-12-29(20-26)38-3/h5-6,8-9,11-16,18,20,27H,4,7,10,17,19,21-22H2,1-3H3. The molecule has 1 atom stereocenters. The Kier molecular flexibility index (Phi) is 9.36. The lowest BCUT2D eigenvalue weighted by Crippen LogP contribution is -2.43. The molecule has 0 spiro atoms. The minimum atomic E-state index is -0.278. The topological polar surface area (TPSA) is 76.2 Å². The largest absolute Gasteiger partial charge is 0.497 e. The quantitative estimate of drug-likeness (QED) is 0.357. The first-order valence-corrected chi connectivity index (χ1v) is 13.4. The Morgan fingerprint density at radius 1 is 0.974 bits per heavy atom. The van der Waals surface area contributed by atoms with E-state index >= 15 is 0 Å². The molecule has 1 aliphatic heterocycles. The summed E-state index contributed by atoms with van der Waals surface area (Å²) in [5.74, 6) is -0.103. The van der Waals surface area contributed by atoms with Crippen molar-refractivity contribution in [2.45, 2.75) is 39.7 Å². The first-order chi connectivity index (χ1) is 18.9. The Labute approximate surface area is 230 Å². The summed E-state index contributed by atoms with van der Waals surface area (Å²) in [6.07, 6.45) is 1.70. The summed E-state index contributed by atoms with van der Waals surface area (Å²) < 4.78 is 10.5. The molecule has 3 aromatic rings. The van der Waals surface area contributed by atoms with Gasteiger partial charge in [0.25, 0.3) is 5.91 Å². The summed E-state index contributed by atoms with van der Waals surface area (Å²) in [5.41, 5.74) is 4.17. The molecule has 7 nitrogen and oxygen atoms in total. The van der Waals surface area contributed by atoms with Gasteiger partial charge in [-0.05, 0) is 68.1 Å². The van der Waals surface area contributed by atoms with E-state index in [2.05, 4.69) is 0 Å². The highest BCUT2D eigenvalue weighted by Gasteiger charge is 2.29. The van der Waals surface area contributed by atoms with Crippen molar-refractivity contribution in [3.05, 3.63) is 95.1 Å². The van der Waals surface area contributed by atoms with Crippen molar-refractivity contribution in [2.24, 2.45) is 5.92 Å². The number of anilines is 1. The van der Waals surface area contributed by atoms with Crippen molar-refractivity contribution in [3.63, 3.8) is 0 Å². The molecule has 0 bridgehead atoms. The zero-order valence-corrected chi connectivity index (χ0v) is 22.9. The van der Waals surface area contributed by atoms with Crippen LogP contribution in [0.4, 0.5) is 5.69 Å². The number of aryl methyl sites for hydroxylation is 1. The lowest BCUT2D eigenvalue weighted by atomic mass is 9.97. The molecular formula is C32H36N2O5. The second-order valence-electron chi connectivity index (χ2n) is 9.89. The number of carbonyl (C=O) groups excluding carboxylic acids is 3. The molecular weight excluding hydrogens is 492 g/mol. The highest BCUT2D eigenvalue weighted by molar-refractivity contribution is 6.06. The van der Waals surface area contributed by atoms with Crippen LogP contribution in [0.2, 0.25) is 0 Å². The van der Waals surface area contributed by atoms with Gasteiger partial charge in [0.2, 0.25) is 5.91 Å². The summed E-state index contributed by atoms with van der Waals surface area (Å²) in [4.78, 5) is 42.7. The van der Waals surface area contributed by atoms with Gasteiger partial charge in [-0.1, -0.05) is 48.0 Å². The van der Waals surface area contributed by atoms with Crippen LogP contribution in [0, 0.1) is 12.8 Å². The third-order valence-electron chi connectivity index (χ3n) is 6.99. The fourth-order valence-corrected chi connectivity index (χ4v) is 4.85. The van der Waals surface area contributed by atoms with Gasteiger partial charge < -0.3 is 19.3 Å². The van der Waals surface area contributed by atoms with Crippen molar-refractivity contribution in [2.75, 3.05) is 31.7 Å². The minimum Gasteiger partial charge on any atom is -0.497 e. The smallest absolute Gasteiger partial charge is 0.310 e. The number of carbonyl (C=O) groups is 3. The molecule has 0 aliphatic carbocycles. The van der Waals surface area contributed by atoms with E-state index in [-0.39, 0.29) is 30.1 Å². The molecule has 1 heterocycles. The van der Waals surface area contributed by atoms with E-state index in [9.17, 15) is 14.4 Å². The number of likely N-dealkylation sites (tertiary alicyclic amines) is 1. The first kappa shape index (κ1) is 27.9. The number of ether oxygens (including phenoxy) is 2. The van der Waals surface area contributed by atoms with Gasteiger partial charge in [0.1, 0.15) is 5.75 Å². The normalized spacial score (nSPS) is 14.9. The highest BCUT2D eigenvalue weighted by Crippen LogP contribution is 2.25. The first-order valence-electron chi connectivity index (χ1n) is 13.4. The van der Waals surface area contributed by atoms with Crippen LogP contribution < -0.4 is 9.64 Å². The number of hydrogen-bond acceptors (Lipinski definition) is 5. The zero-order chi connectivity index (χ0) is 27.8. The van der Waals surface area contributed by atoms with E-state index in [1.807, 2.05) is 55.5 Å². The summed E-state index contributed by atoms with van der Waals surface area (Å²) in [6.45, 7) is 5.54.